The molecule has 0 radical (unpaired) electrons. The Morgan fingerprint density at radius 2 is 1.33 bits per heavy atom. The number of hydrogen-bond donors (Lipinski definition) is 1. The van der Waals surface area contributed by atoms with Gasteiger partial charge in [-0.05, 0) is 36.8 Å². The van der Waals surface area contributed by atoms with Gasteiger partial charge in [0.05, 0.1) is 16.7 Å². The molecule has 4 aromatic rings. The topological polar surface area (TPSA) is 25.2 Å². The van der Waals surface area contributed by atoms with E-state index in [1.54, 1.807) is 6.07 Å². The second kappa shape index (κ2) is 4.38. The molecular formula is C19H15NO. The highest BCUT2D eigenvalue weighted by atomic mass is 16.3. The Labute approximate surface area is 122 Å². The predicted molar refractivity (Wildman–Crippen MR) is 87.2 cm³/mol. The summed E-state index contributed by atoms with van der Waals surface area (Å²) >= 11 is 0. The van der Waals surface area contributed by atoms with Gasteiger partial charge in [-0.25, -0.2) is 0 Å². The van der Waals surface area contributed by atoms with Crippen molar-refractivity contribution in [2.24, 2.45) is 0 Å². The van der Waals surface area contributed by atoms with Gasteiger partial charge in [-0.2, -0.15) is 0 Å². The van der Waals surface area contributed by atoms with E-state index in [9.17, 15) is 5.11 Å². The van der Waals surface area contributed by atoms with Crippen molar-refractivity contribution < 1.29 is 5.11 Å². The lowest BCUT2D eigenvalue weighted by Crippen LogP contribution is -1.94. The first-order valence-electron chi connectivity index (χ1n) is 7.03. The molecule has 1 aromatic heterocycles. The summed E-state index contributed by atoms with van der Waals surface area (Å²) in [6.45, 7) is 2.00. The maximum atomic E-state index is 9.92. The summed E-state index contributed by atoms with van der Waals surface area (Å²) in [5.74, 6) is 0.298. The molecule has 0 saturated carbocycles. The molecule has 2 nitrogen and oxygen atoms in total. The first kappa shape index (κ1) is 12.0. The van der Waals surface area contributed by atoms with Gasteiger partial charge in [0, 0.05) is 16.8 Å². The summed E-state index contributed by atoms with van der Waals surface area (Å²) in [6, 6.07) is 22.4. The number of phenolic OH excluding ortho intramolecular Hbond substituents is 1. The van der Waals surface area contributed by atoms with Gasteiger partial charge in [-0.3, -0.25) is 0 Å². The minimum absolute atomic E-state index is 0.298. The van der Waals surface area contributed by atoms with Crippen LogP contribution in [0.5, 0.6) is 5.75 Å². The molecule has 1 N–H and O–H groups in total. The third kappa shape index (κ3) is 1.80. The zero-order chi connectivity index (χ0) is 14.4. The van der Waals surface area contributed by atoms with E-state index >= 15 is 0 Å². The number of aryl methyl sites for hydroxylation is 1. The smallest absolute Gasteiger partial charge is 0.117 e. The monoisotopic (exact) mass is 273 g/mol. The first-order chi connectivity index (χ1) is 10.2. The van der Waals surface area contributed by atoms with Crippen LogP contribution >= 0.6 is 0 Å². The molecule has 3 aromatic carbocycles. The van der Waals surface area contributed by atoms with Gasteiger partial charge in [0.15, 0.2) is 0 Å². The van der Waals surface area contributed by atoms with E-state index in [2.05, 4.69) is 47.0 Å². The number of nitrogens with zero attached hydrogens (tertiary/aromatic N) is 1. The molecule has 0 fully saturated rings. The molecular weight excluding hydrogens is 258 g/mol. The van der Waals surface area contributed by atoms with Crippen LogP contribution in [0.4, 0.5) is 0 Å². The maximum Gasteiger partial charge on any atom is 0.117 e. The fraction of sp³-hybridized carbons (Fsp3) is 0.0526. The van der Waals surface area contributed by atoms with E-state index in [0.717, 1.165) is 22.3 Å². The molecule has 1 heterocycles. The summed E-state index contributed by atoms with van der Waals surface area (Å²) in [4.78, 5) is 0. The van der Waals surface area contributed by atoms with Crippen molar-refractivity contribution in [1.29, 1.82) is 0 Å². The van der Waals surface area contributed by atoms with Gasteiger partial charge in [-0.15, -0.1) is 0 Å². The second-order valence-corrected chi connectivity index (χ2v) is 5.40. The SMILES string of the molecule is Cc1cc(O)cc(-n2c3ccccc3c3ccccc32)c1. The van der Waals surface area contributed by atoms with Gasteiger partial charge < -0.3 is 9.67 Å². The molecule has 0 aliphatic carbocycles. The van der Waals surface area contributed by atoms with Crippen LogP contribution in [0.2, 0.25) is 0 Å². The molecule has 0 aliphatic rings. The number of hydrogen-bond acceptors (Lipinski definition) is 1. The third-order valence-corrected chi connectivity index (χ3v) is 3.89. The average Bonchev–Trinajstić information content (AvgIpc) is 2.81. The summed E-state index contributed by atoms with van der Waals surface area (Å²) < 4.78 is 2.21. The van der Waals surface area contributed by atoms with Crippen LogP contribution < -0.4 is 0 Å². The van der Waals surface area contributed by atoms with Gasteiger partial charge in [0.1, 0.15) is 5.75 Å². The second-order valence-electron chi connectivity index (χ2n) is 5.40. The molecule has 0 saturated heterocycles. The minimum atomic E-state index is 0.298. The Morgan fingerprint density at radius 1 is 0.762 bits per heavy atom. The Hall–Kier alpha value is -2.74. The van der Waals surface area contributed by atoms with E-state index in [1.807, 2.05) is 25.1 Å². The molecule has 0 atom stereocenters. The van der Waals surface area contributed by atoms with Crippen molar-refractivity contribution in [3.63, 3.8) is 0 Å². The van der Waals surface area contributed by atoms with E-state index in [0.29, 0.717) is 5.75 Å². The quantitative estimate of drug-likeness (QED) is 0.529. The lowest BCUT2D eigenvalue weighted by Gasteiger charge is -2.09. The molecule has 21 heavy (non-hydrogen) atoms. The standard InChI is InChI=1S/C19H15NO/c1-13-10-14(12-15(21)11-13)20-18-8-4-2-6-16(18)17-7-3-5-9-19(17)20/h2-12,21H,1H3. The van der Waals surface area contributed by atoms with Crippen LogP contribution in [0.25, 0.3) is 27.5 Å². The van der Waals surface area contributed by atoms with E-state index in [-0.39, 0.29) is 0 Å². The average molecular weight is 273 g/mol. The number of fused-ring (bicyclic) bond motifs is 3. The fourth-order valence-corrected chi connectivity index (χ4v) is 3.07. The lowest BCUT2D eigenvalue weighted by molar-refractivity contribution is 0.474. The van der Waals surface area contributed by atoms with Crippen molar-refractivity contribution in [3.05, 3.63) is 72.3 Å². The molecule has 4 rings (SSSR count). The van der Waals surface area contributed by atoms with Crippen LogP contribution in [-0.4, -0.2) is 9.67 Å². The van der Waals surface area contributed by atoms with Gasteiger partial charge >= 0.3 is 0 Å². The highest BCUT2D eigenvalue weighted by Gasteiger charge is 2.11. The Kier molecular flexibility index (Phi) is 2.51. The van der Waals surface area contributed by atoms with E-state index in [4.69, 9.17) is 0 Å². The first-order valence-corrected chi connectivity index (χ1v) is 7.03. The van der Waals surface area contributed by atoms with Crippen molar-refractivity contribution in [2.75, 3.05) is 0 Å². The molecule has 0 spiro atoms. The summed E-state index contributed by atoms with van der Waals surface area (Å²) in [5, 5.41) is 12.4. The molecule has 0 aliphatic heterocycles. The van der Waals surface area contributed by atoms with Gasteiger partial charge in [0.25, 0.3) is 0 Å². The zero-order valence-electron chi connectivity index (χ0n) is 11.7. The number of aromatic hydroxyl groups is 1. The third-order valence-electron chi connectivity index (χ3n) is 3.89. The van der Waals surface area contributed by atoms with Gasteiger partial charge in [-0.1, -0.05) is 36.4 Å². The lowest BCUT2D eigenvalue weighted by atomic mass is 10.2. The molecule has 102 valence electrons. The van der Waals surface area contributed by atoms with Crippen molar-refractivity contribution >= 4 is 21.8 Å². The van der Waals surface area contributed by atoms with Crippen LogP contribution in [0.1, 0.15) is 5.56 Å². The Bertz CT molecular complexity index is 892. The summed E-state index contributed by atoms with van der Waals surface area (Å²) in [7, 11) is 0. The predicted octanol–water partition coefficient (Wildman–Crippen LogP) is 4.80. The summed E-state index contributed by atoms with van der Waals surface area (Å²) in [5.41, 5.74) is 4.35. The highest BCUT2D eigenvalue weighted by molar-refractivity contribution is 6.09. The minimum Gasteiger partial charge on any atom is -0.508 e. The van der Waals surface area contributed by atoms with E-state index in [1.165, 1.54) is 10.8 Å². The largest absolute Gasteiger partial charge is 0.508 e. The Morgan fingerprint density at radius 3 is 1.90 bits per heavy atom. The van der Waals surface area contributed by atoms with E-state index < -0.39 is 0 Å². The number of phenols is 1. The molecule has 0 unspecified atom stereocenters. The summed E-state index contributed by atoms with van der Waals surface area (Å²) in [6.07, 6.45) is 0. The highest BCUT2D eigenvalue weighted by Crippen LogP contribution is 2.32. The van der Waals surface area contributed by atoms with Crippen LogP contribution in [0, 0.1) is 6.92 Å². The molecule has 0 bridgehead atoms. The van der Waals surface area contributed by atoms with Crippen LogP contribution in [0.3, 0.4) is 0 Å². The van der Waals surface area contributed by atoms with Gasteiger partial charge in [0.2, 0.25) is 0 Å². The maximum absolute atomic E-state index is 9.92. The van der Waals surface area contributed by atoms with Crippen LogP contribution in [0.15, 0.2) is 66.7 Å². The normalized spacial score (nSPS) is 11.3. The van der Waals surface area contributed by atoms with Crippen LogP contribution in [-0.2, 0) is 0 Å². The van der Waals surface area contributed by atoms with Crippen molar-refractivity contribution in [2.45, 2.75) is 6.92 Å². The number of aromatic nitrogens is 1. The molecule has 0 amide bonds. The fourth-order valence-electron chi connectivity index (χ4n) is 3.07. The number of rotatable bonds is 1. The van der Waals surface area contributed by atoms with Crippen molar-refractivity contribution in [1.82, 2.24) is 4.57 Å². The molecule has 2 heteroatoms. The zero-order valence-corrected chi connectivity index (χ0v) is 11.7. The number of benzene rings is 3. The van der Waals surface area contributed by atoms with Crippen molar-refractivity contribution in [3.8, 4) is 11.4 Å². The number of para-hydroxylation sites is 2. The Balaban J connectivity index is 2.20.